The van der Waals surface area contributed by atoms with Crippen LogP contribution in [0.25, 0.3) is 0 Å². The molecule has 2 amide bonds. The topological polar surface area (TPSA) is 61.8 Å². The average molecular weight is 291 g/mol. The molecule has 0 spiro atoms. The van der Waals surface area contributed by atoms with Crippen molar-refractivity contribution in [1.29, 1.82) is 0 Å². The Hall–Kier alpha value is -1.37. The van der Waals surface area contributed by atoms with E-state index < -0.39 is 18.0 Å². The Morgan fingerprint density at radius 1 is 1.63 bits per heavy atom. The molecule has 0 saturated carbocycles. The quantitative estimate of drug-likeness (QED) is 0.871. The maximum absolute atomic E-state index is 13.2. The Morgan fingerprint density at radius 3 is 2.89 bits per heavy atom. The Morgan fingerprint density at radius 2 is 2.32 bits per heavy atom. The molecule has 106 valence electrons. The molecule has 1 unspecified atom stereocenters. The van der Waals surface area contributed by atoms with Crippen molar-refractivity contribution in [2.24, 2.45) is 0 Å². The van der Waals surface area contributed by atoms with E-state index in [0.29, 0.717) is 5.69 Å². The summed E-state index contributed by atoms with van der Waals surface area (Å²) in [5, 5.41) is 12.0. The van der Waals surface area contributed by atoms with E-state index in [4.69, 9.17) is 16.3 Å². The van der Waals surface area contributed by atoms with Gasteiger partial charge in [0.05, 0.1) is 24.3 Å². The van der Waals surface area contributed by atoms with E-state index in [1.807, 2.05) is 0 Å². The Bertz CT molecular complexity index is 445. The van der Waals surface area contributed by atoms with Crippen molar-refractivity contribution in [2.45, 2.75) is 6.10 Å². The number of aliphatic hydroxyl groups excluding tert-OH is 1. The number of hydrogen-bond donors (Lipinski definition) is 2. The number of halogens is 2. The number of carbonyl (C=O) groups excluding carboxylic acids is 1. The van der Waals surface area contributed by atoms with Gasteiger partial charge in [0.25, 0.3) is 0 Å². The molecule has 5 nitrogen and oxygen atoms in total. The van der Waals surface area contributed by atoms with Crippen molar-refractivity contribution < 1.29 is 19.0 Å². The highest BCUT2D eigenvalue weighted by atomic mass is 35.5. The molecule has 1 aromatic rings. The molecule has 1 atom stereocenters. The van der Waals surface area contributed by atoms with Crippen LogP contribution in [0.1, 0.15) is 0 Å². The highest BCUT2D eigenvalue weighted by Gasteiger charge is 2.14. The van der Waals surface area contributed by atoms with Crippen molar-refractivity contribution in [3.63, 3.8) is 0 Å². The van der Waals surface area contributed by atoms with Gasteiger partial charge >= 0.3 is 6.03 Å². The minimum Gasteiger partial charge on any atom is -0.389 e. The summed E-state index contributed by atoms with van der Waals surface area (Å²) in [7, 11) is 2.97. The number of ether oxygens (including phenoxy) is 1. The molecule has 0 aromatic heterocycles. The molecular weight excluding hydrogens is 275 g/mol. The normalized spacial score (nSPS) is 12.1. The first-order valence-corrected chi connectivity index (χ1v) is 5.96. The van der Waals surface area contributed by atoms with E-state index >= 15 is 0 Å². The van der Waals surface area contributed by atoms with Crippen molar-refractivity contribution in [3.05, 3.63) is 29.0 Å². The molecule has 0 radical (unpaired) electrons. The van der Waals surface area contributed by atoms with Gasteiger partial charge in [0.15, 0.2) is 0 Å². The monoisotopic (exact) mass is 290 g/mol. The number of benzene rings is 1. The van der Waals surface area contributed by atoms with Crippen LogP contribution in [0.15, 0.2) is 18.2 Å². The molecule has 19 heavy (non-hydrogen) atoms. The molecule has 0 saturated heterocycles. The number of amides is 2. The lowest BCUT2D eigenvalue weighted by atomic mass is 10.3. The minimum atomic E-state index is -0.775. The van der Waals surface area contributed by atoms with Gasteiger partial charge in [-0.15, -0.1) is 0 Å². The highest BCUT2D eigenvalue weighted by Crippen LogP contribution is 2.18. The van der Waals surface area contributed by atoms with Gasteiger partial charge in [0.1, 0.15) is 5.82 Å². The van der Waals surface area contributed by atoms with E-state index in [9.17, 15) is 14.3 Å². The summed E-state index contributed by atoms with van der Waals surface area (Å²) in [6.45, 7) is 0.239. The van der Waals surface area contributed by atoms with Gasteiger partial charge in [0, 0.05) is 19.8 Å². The first kappa shape index (κ1) is 15.7. The SMILES string of the molecule is COCC(O)CN(C)C(=O)Nc1ccc(Cl)c(F)c1. The molecule has 1 aromatic carbocycles. The van der Waals surface area contributed by atoms with E-state index in [1.165, 1.54) is 31.2 Å². The van der Waals surface area contributed by atoms with Crippen LogP contribution in [-0.4, -0.2) is 49.5 Å². The second kappa shape index (κ2) is 7.28. The number of rotatable bonds is 5. The molecule has 0 aliphatic rings. The molecule has 0 aliphatic carbocycles. The molecule has 0 aliphatic heterocycles. The number of likely N-dealkylation sites (N-methyl/N-ethyl adjacent to an activating group) is 1. The van der Waals surface area contributed by atoms with Gasteiger partial charge in [-0.3, -0.25) is 0 Å². The number of hydrogen-bond acceptors (Lipinski definition) is 3. The number of urea groups is 1. The van der Waals surface area contributed by atoms with Crippen LogP contribution in [-0.2, 0) is 4.74 Å². The lowest BCUT2D eigenvalue weighted by molar-refractivity contribution is 0.0501. The fourth-order valence-electron chi connectivity index (χ4n) is 1.44. The van der Waals surface area contributed by atoms with Crippen LogP contribution >= 0.6 is 11.6 Å². The Labute approximate surface area is 115 Å². The van der Waals surface area contributed by atoms with E-state index in [-0.39, 0.29) is 18.2 Å². The molecule has 7 heteroatoms. The third kappa shape index (κ3) is 5.02. The summed E-state index contributed by atoms with van der Waals surface area (Å²) in [5.74, 6) is -0.610. The van der Waals surface area contributed by atoms with Crippen LogP contribution in [0.3, 0.4) is 0 Å². The Kier molecular flexibility index (Phi) is 6.01. The third-order valence-electron chi connectivity index (χ3n) is 2.36. The predicted octanol–water partition coefficient (Wildman–Crippen LogP) is 1.95. The zero-order chi connectivity index (χ0) is 14.4. The second-order valence-electron chi connectivity index (χ2n) is 4.05. The number of nitrogens with one attached hydrogen (secondary N) is 1. The van der Waals surface area contributed by atoms with Crippen molar-refractivity contribution in [2.75, 3.05) is 32.6 Å². The smallest absolute Gasteiger partial charge is 0.321 e. The summed E-state index contributed by atoms with van der Waals surface area (Å²) in [5.41, 5.74) is 0.292. The number of anilines is 1. The van der Waals surface area contributed by atoms with Gasteiger partial charge in [-0.1, -0.05) is 11.6 Å². The van der Waals surface area contributed by atoms with Crippen molar-refractivity contribution in [1.82, 2.24) is 4.90 Å². The summed E-state index contributed by atoms with van der Waals surface area (Å²) in [6.07, 6.45) is -0.775. The van der Waals surface area contributed by atoms with Gasteiger partial charge in [-0.25, -0.2) is 9.18 Å². The second-order valence-corrected chi connectivity index (χ2v) is 4.46. The third-order valence-corrected chi connectivity index (χ3v) is 2.67. The molecule has 0 fully saturated rings. The number of methoxy groups -OCH3 is 1. The average Bonchev–Trinajstić information content (AvgIpc) is 2.34. The van der Waals surface area contributed by atoms with Crippen LogP contribution in [0, 0.1) is 5.82 Å². The molecular formula is C12H16ClFN2O3. The summed E-state index contributed by atoms with van der Waals surface area (Å²) in [6, 6.07) is 3.51. The molecule has 0 heterocycles. The zero-order valence-electron chi connectivity index (χ0n) is 10.7. The predicted molar refractivity (Wildman–Crippen MR) is 70.9 cm³/mol. The van der Waals surface area contributed by atoms with Crippen molar-refractivity contribution >= 4 is 23.3 Å². The van der Waals surface area contributed by atoms with Crippen LogP contribution in [0.5, 0.6) is 0 Å². The van der Waals surface area contributed by atoms with Gasteiger partial charge < -0.3 is 20.1 Å². The number of aliphatic hydroxyl groups is 1. The lowest BCUT2D eigenvalue weighted by Crippen LogP contribution is -2.38. The maximum atomic E-state index is 13.2. The largest absolute Gasteiger partial charge is 0.389 e. The fourth-order valence-corrected chi connectivity index (χ4v) is 1.55. The van der Waals surface area contributed by atoms with Gasteiger partial charge in [-0.2, -0.15) is 0 Å². The maximum Gasteiger partial charge on any atom is 0.321 e. The highest BCUT2D eigenvalue weighted by molar-refractivity contribution is 6.30. The van der Waals surface area contributed by atoms with Crippen LogP contribution in [0.2, 0.25) is 5.02 Å². The number of carbonyl (C=O) groups is 1. The molecule has 0 bridgehead atoms. The van der Waals surface area contributed by atoms with Crippen LogP contribution < -0.4 is 5.32 Å². The lowest BCUT2D eigenvalue weighted by Gasteiger charge is -2.21. The van der Waals surface area contributed by atoms with E-state index in [2.05, 4.69) is 5.32 Å². The summed E-state index contributed by atoms with van der Waals surface area (Å²) >= 11 is 5.54. The first-order chi connectivity index (χ1) is 8.93. The molecule has 1 rings (SSSR count). The van der Waals surface area contributed by atoms with Gasteiger partial charge in [0.2, 0.25) is 0 Å². The summed E-state index contributed by atoms with van der Waals surface area (Å²) in [4.78, 5) is 13.0. The first-order valence-electron chi connectivity index (χ1n) is 5.58. The zero-order valence-corrected chi connectivity index (χ0v) is 11.4. The van der Waals surface area contributed by atoms with E-state index in [1.54, 1.807) is 0 Å². The minimum absolute atomic E-state index is 0.0122. The van der Waals surface area contributed by atoms with Gasteiger partial charge in [-0.05, 0) is 18.2 Å². The molecule has 2 N–H and O–H groups in total. The van der Waals surface area contributed by atoms with Crippen molar-refractivity contribution in [3.8, 4) is 0 Å². The Balaban J connectivity index is 2.56. The summed E-state index contributed by atoms with van der Waals surface area (Å²) < 4.78 is 17.9. The van der Waals surface area contributed by atoms with E-state index in [0.717, 1.165) is 6.07 Å². The van der Waals surface area contributed by atoms with Crippen LogP contribution in [0.4, 0.5) is 14.9 Å². The standard InChI is InChI=1S/C12H16ClFN2O3/c1-16(6-9(17)7-19-2)12(18)15-8-3-4-10(13)11(14)5-8/h3-5,9,17H,6-7H2,1-2H3,(H,15,18). The fraction of sp³-hybridized carbons (Fsp3) is 0.417. The number of nitrogens with zero attached hydrogens (tertiary/aromatic N) is 1.